The minimum atomic E-state index is -1.63. The molecule has 2 aliphatic carbocycles. The van der Waals surface area contributed by atoms with Crippen LogP contribution in [0.25, 0.3) is 0 Å². The summed E-state index contributed by atoms with van der Waals surface area (Å²) in [4.78, 5) is 27.0. The number of hydrogen-bond acceptors (Lipinski definition) is 7. The maximum Gasteiger partial charge on any atom is 0.322 e. The Labute approximate surface area is 169 Å². The average molecular weight is 402 g/mol. The van der Waals surface area contributed by atoms with E-state index in [4.69, 9.17) is 18.9 Å². The molecule has 156 valence electrons. The van der Waals surface area contributed by atoms with E-state index >= 15 is 0 Å². The Morgan fingerprint density at radius 3 is 2.72 bits per heavy atom. The lowest BCUT2D eigenvalue weighted by atomic mass is 9.52. The van der Waals surface area contributed by atoms with Crippen LogP contribution in [0.5, 0.6) is 0 Å². The van der Waals surface area contributed by atoms with E-state index in [1.165, 1.54) is 13.2 Å². The zero-order chi connectivity index (χ0) is 20.8. The fraction of sp³-hybridized carbons (Fsp3) is 0.636. The van der Waals surface area contributed by atoms with Gasteiger partial charge in [0.25, 0.3) is 0 Å². The normalized spacial score (nSPS) is 48.0. The lowest BCUT2D eigenvalue weighted by molar-refractivity contribution is -0.194. The van der Waals surface area contributed by atoms with Crippen LogP contribution in [0, 0.1) is 29.1 Å². The number of aliphatic hydroxyl groups is 1. The minimum absolute atomic E-state index is 0.282. The molecule has 5 rings (SSSR count). The van der Waals surface area contributed by atoms with Gasteiger partial charge in [0.15, 0.2) is 17.0 Å². The first-order chi connectivity index (χ1) is 13.8. The van der Waals surface area contributed by atoms with Gasteiger partial charge in [-0.1, -0.05) is 24.3 Å². The van der Waals surface area contributed by atoms with Gasteiger partial charge in [-0.05, 0) is 25.5 Å². The first-order valence-corrected chi connectivity index (χ1v) is 10.0. The summed E-state index contributed by atoms with van der Waals surface area (Å²) in [5.41, 5.74) is -1.45. The van der Waals surface area contributed by atoms with Crippen molar-refractivity contribution in [3.8, 4) is 0 Å². The van der Waals surface area contributed by atoms with Crippen LogP contribution in [-0.4, -0.2) is 61.3 Å². The van der Waals surface area contributed by atoms with Crippen LogP contribution >= 0.6 is 0 Å². The summed E-state index contributed by atoms with van der Waals surface area (Å²) in [6.07, 6.45) is 7.20. The number of methoxy groups -OCH3 is 2. The number of carbonyl (C=O) groups is 2. The van der Waals surface area contributed by atoms with Crippen LogP contribution < -0.4 is 0 Å². The van der Waals surface area contributed by atoms with Gasteiger partial charge in [-0.15, -0.1) is 0 Å². The molecule has 1 spiro atoms. The van der Waals surface area contributed by atoms with Crippen molar-refractivity contribution in [2.24, 2.45) is 29.1 Å². The molecule has 7 nitrogen and oxygen atoms in total. The van der Waals surface area contributed by atoms with E-state index in [0.717, 1.165) is 5.57 Å². The number of fused-ring (bicyclic) bond motifs is 6. The Morgan fingerprint density at radius 1 is 1.28 bits per heavy atom. The zero-order valence-corrected chi connectivity index (χ0v) is 17.0. The molecule has 0 aromatic carbocycles. The smallest absolute Gasteiger partial charge is 0.322 e. The third kappa shape index (κ3) is 2.02. The van der Waals surface area contributed by atoms with Gasteiger partial charge in [-0.25, -0.2) is 0 Å². The first-order valence-electron chi connectivity index (χ1n) is 10.0. The van der Waals surface area contributed by atoms with Gasteiger partial charge in [-0.2, -0.15) is 0 Å². The van der Waals surface area contributed by atoms with Crippen molar-refractivity contribution in [2.75, 3.05) is 20.8 Å². The van der Waals surface area contributed by atoms with Crippen molar-refractivity contribution < 1.29 is 33.6 Å². The lowest BCUT2D eigenvalue weighted by Gasteiger charge is -2.49. The van der Waals surface area contributed by atoms with E-state index in [1.807, 2.05) is 32.1 Å². The monoisotopic (exact) mass is 402 g/mol. The SMILES string of the molecule is COC(=O)[C@]12C(=O)/C=C\C3C=C[C@H]([C@H]3O)[C@H]1[C@@]13OCC=C1[C@H](C(C)(C)OC)[C@@H]2O3. The van der Waals surface area contributed by atoms with Crippen LogP contribution in [-0.2, 0) is 28.5 Å². The van der Waals surface area contributed by atoms with Crippen molar-refractivity contribution in [3.05, 3.63) is 36.0 Å². The summed E-state index contributed by atoms with van der Waals surface area (Å²) in [5, 5.41) is 11.0. The van der Waals surface area contributed by atoms with E-state index in [9.17, 15) is 14.7 Å². The van der Waals surface area contributed by atoms with Gasteiger partial charge in [0.1, 0.15) is 0 Å². The molecule has 3 aliphatic heterocycles. The average Bonchev–Trinajstić information content (AvgIpc) is 3.41. The van der Waals surface area contributed by atoms with Crippen molar-refractivity contribution in [3.63, 3.8) is 0 Å². The van der Waals surface area contributed by atoms with Gasteiger partial charge in [0, 0.05) is 24.9 Å². The van der Waals surface area contributed by atoms with Crippen molar-refractivity contribution in [1.29, 1.82) is 0 Å². The van der Waals surface area contributed by atoms with Gasteiger partial charge >= 0.3 is 5.97 Å². The molecule has 3 heterocycles. The number of allylic oxidation sites excluding steroid dienone is 1. The number of esters is 1. The lowest BCUT2D eigenvalue weighted by Crippen LogP contribution is -2.64. The highest BCUT2D eigenvalue weighted by atomic mass is 16.7. The summed E-state index contributed by atoms with van der Waals surface area (Å²) in [6, 6.07) is 0. The standard InChI is InChI=1S/C22H26O7/c1-20(2,27-4)15-13-9-10-28-22(13)17-12-7-5-11(16(12)24)6-8-14(23)21(17,18(15)29-22)19(25)26-3/h5-9,11-12,15-18,24H,10H2,1-4H3/b8-6-/t11?,12-,15+,16+,17-,18+,21-,22-/m1/s1. The van der Waals surface area contributed by atoms with E-state index < -0.39 is 46.8 Å². The molecule has 1 N–H and O–H groups in total. The summed E-state index contributed by atoms with van der Waals surface area (Å²) in [7, 11) is 2.88. The second kappa shape index (κ2) is 5.88. The summed E-state index contributed by atoms with van der Waals surface area (Å²) in [6.45, 7) is 4.14. The van der Waals surface area contributed by atoms with E-state index in [1.54, 1.807) is 13.2 Å². The molecule has 8 atom stereocenters. The van der Waals surface area contributed by atoms with Crippen LogP contribution in [0.15, 0.2) is 36.0 Å². The molecule has 0 radical (unpaired) electrons. The fourth-order valence-corrected chi connectivity index (χ4v) is 6.31. The highest BCUT2D eigenvalue weighted by Gasteiger charge is 2.83. The molecule has 0 amide bonds. The minimum Gasteiger partial charge on any atom is -0.468 e. The fourth-order valence-electron chi connectivity index (χ4n) is 6.31. The zero-order valence-electron chi connectivity index (χ0n) is 17.0. The van der Waals surface area contributed by atoms with E-state index in [2.05, 4.69) is 0 Å². The van der Waals surface area contributed by atoms with Crippen LogP contribution in [0.2, 0.25) is 0 Å². The molecular formula is C22H26O7. The molecular weight excluding hydrogens is 376 g/mol. The number of aliphatic hydroxyl groups excluding tert-OH is 1. The van der Waals surface area contributed by atoms with Crippen molar-refractivity contribution in [2.45, 2.75) is 37.4 Å². The third-order valence-electron chi connectivity index (χ3n) is 7.70. The maximum atomic E-state index is 13.6. The van der Waals surface area contributed by atoms with E-state index in [-0.39, 0.29) is 17.6 Å². The van der Waals surface area contributed by atoms with Crippen molar-refractivity contribution >= 4 is 11.8 Å². The van der Waals surface area contributed by atoms with Gasteiger partial charge in [-0.3, -0.25) is 9.59 Å². The predicted molar refractivity (Wildman–Crippen MR) is 100 cm³/mol. The molecule has 4 bridgehead atoms. The summed E-state index contributed by atoms with van der Waals surface area (Å²) in [5.74, 6) is -4.14. The predicted octanol–water partition coefficient (Wildman–Crippen LogP) is 1.17. The van der Waals surface area contributed by atoms with Crippen LogP contribution in [0.4, 0.5) is 0 Å². The molecule has 1 unspecified atom stereocenters. The molecule has 0 saturated carbocycles. The molecule has 5 aliphatic rings. The molecule has 0 aromatic rings. The summed E-state index contributed by atoms with van der Waals surface area (Å²) < 4.78 is 23.6. The maximum absolute atomic E-state index is 13.6. The molecule has 2 saturated heterocycles. The molecule has 2 fully saturated rings. The number of ketones is 1. The number of hydrogen-bond donors (Lipinski definition) is 1. The molecule has 0 aromatic heterocycles. The largest absolute Gasteiger partial charge is 0.468 e. The Hall–Kier alpha value is -1.80. The number of ether oxygens (including phenoxy) is 4. The Kier molecular flexibility index (Phi) is 3.89. The second-order valence-electron chi connectivity index (χ2n) is 9.05. The molecule has 7 heteroatoms. The Morgan fingerprint density at radius 2 is 2.03 bits per heavy atom. The summed E-state index contributed by atoms with van der Waals surface area (Å²) >= 11 is 0. The van der Waals surface area contributed by atoms with Gasteiger partial charge in [0.2, 0.25) is 0 Å². The van der Waals surface area contributed by atoms with Gasteiger partial charge < -0.3 is 24.1 Å². The number of rotatable bonds is 3. The Balaban J connectivity index is 1.80. The third-order valence-corrected chi connectivity index (χ3v) is 7.70. The van der Waals surface area contributed by atoms with E-state index in [0.29, 0.717) is 6.61 Å². The highest BCUT2D eigenvalue weighted by molar-refractivity contribution is 6.11. The first kappa shape index (κ1) is 19.2. The number of carbonyl (C=O) groups excluding carboxylic acids is 2. The quantitative estimate of drug-likeness (QED) is 0.430. The van der Waals surface area contributed by atoms with Gasteiger partial charge in [0.05, 0.1) is 37.4 Å². The topological polar surface area (TPSA) is 91.3 Å². The van der Waals surface area contributed by atoms with Crippen LogP contribution in [0.1, 0.15) is 13.8 Å². The Bertz CT molecular complexity index is 870. The second-order valence-corrected chi connectivity index (χ2v) is 9.05. The molecule has 29 heavy (non-hydrogen) atoms. The van der Waals surface area contributed by atoms with Crippen molar-refractivity contribution in [1.82, 2.24) is 0 Å². The van der Waals surface area contributed by atoms with Crippen LogP contribution in [0.3, 0.4) is 0 Å². The highest BCUT2D eigenvalue weighted by Crippen LogP contribution is 2.70.